The van der Waals surface area contributed by atoms with Crippen LogP contribution in [0.1, 0.15) is 12.8 Å². The number of amides is 1. The molecule has 6 nitrogen and oxygen atoms in total. The minimum absolute atomic E-state index is 0.133. The van der Waals surface area contributed by atoms with Crippen LogP contribution in [0.4, 0.5) is 5.13 Å². The Morgan fingerprint density at radius 1 is 1.64 bits per heavy atom. The second-order valence-corrected chi connectivity index (χ2v) is 6.52. The van der Waals surface area contributed by atoms with Crippen LogP contribution in [0.25, 0.3) is 11.5 Å². The largest absolute Gasteiger partial charge is 0.463 e. The normalized spacial score (nSPS) is 16.0. The van der Waals surface area contributed by atoms with Crippen molar-refractivity contribution in [3.05, 3.63) is 23.8 Å². The minimum Gasteiger partial charge on any atom is -0.463 e. The van der Waals surface area contributed by atoms with E-state index in [1.807, 2.05) is 23.4 Å². The fraction of sp³-hybridized carbons (Fsp3) is 0.467. The quantitative estimate of drug-likeness (QED) is 0.816. The van der Waals surface area contributed by atoms with Gasteiger partial charge in [-0.25, -0.2) is 4.98 Å². The van der Waals surface area contributed by atoms with Gasteiger partial charge in [0.25, 0.3) is 0 Å². The van der Waals surface area contributed by atoms with Crippen molar-refractivity contribution in [3.63, 3.8) is 0 Å². The summed E-state index contributed by atoms with van der Waals surface area (Å²) < 4.78 is 5.27. The molecule has 0 aliphatic heterocycles. The molecule has 0 radical (unpaired) electrons. The molecule has 0 aromatic carbocycles. The van der Waals surface area contributed by atoms with E-state index < -0.39 is 0 Å². The molecule has 2 N–H and O–H groups in total. The molecule has 1 saturated carbocycles. The lowest BCUT2D eigenvalue weighted by atomic mass is 10.2. The number of hydrogen-bond acceptors (Lipinski definition) is 6. The lowest BCUT2D eigenvalue weighted by Crippen LogP contribution is -2.36. The van der Waals surface area contributed by atoms with Crippen molar-refractivity contribution < 1.29 is 14.3 Å². The van der Waals surface area contributed by atoms with E-state index in [2.05, 4.69) is 10.3 Å². The van der Waals surface area contributed by atoms with Gasteiger partial charge in [-0.05, 0) is 37.9 Å². The molecule has 0 saturated heterocycles. The van der Waals surface area contributed by atoms with Gasteiger partial charge >= 0.3 is 0 Å². The first-order valence-corrected chi connectivity index (χ1v) is 8.15. The summed E-state index contributed by atoms with van der Waals surface area (Å²) in [5.74, 6) is 0.965. The fourth-order valence-electron chi connectivity index (χ4n) is 2.29. The van der Waals surface area contributed by atoms with Crippen molar-refractivity contribution in [3.8, 4) is 11.5 Å². The molecule has 1 aliphatic carbocycles. The Bertz CT molecular complexity index is 622. The van der Waals surface area contributed by atoms with Gasteiger partial charge in [-0.1, -0.05) is 0 Å². The fourth-order valence-corrected chi connectivity index (χ4v) is 3.00. The number of thiazole rings is 1. The molecule has 2 heterocycles. The third kappa shape index (κ3) is 3.94. The maximum absolute atomic E-state index is 12.0. The van der Waals surface area contributed by atoms with Crippen LogP contribution in [-0.2, 0) is 4.79 Å². The third-order valence-corrected chi connectivity index (χ3v) is 4.36. The van der Waals surface area contributed by atoms with E-state index in [0.29, 0.717) is 29.0 Å². The molecule has 1 fully saturated rings. The number of carbonyl (C=O) groups excluding carboxylic acids is 1. The predicted molar refractivity (Wildman–Crippen MR) is 84.7 cm³/mol. The standard InChI is InChI=1S/C15H19N3O3S/c1-18(7-12(19)10-4-5-10)8-14(20)17-15-16-11(9-22-15)13-3-2-6-21-13/h2-3,6,9-10,12,19H,4-5,7-8H2,1H3,(H,16,17,20). The monoisotopic (exact) mass is 321 g/mol. The Morgan fingerprint density at radius 3 is 3.14 bits per heavy atom. The van der Waals surface area contributed by atoms with Crippen LogP contribution in [0, 0.1) is 5.92 Å². The summed E-state index contributed by atoms with van der Waals surface area (Å²) >= 11 is 1.36. The molecule has 118 valence electrons. The van der Waals surface area contributed by atoms with Gasteiger partial charge in [0.05, 0.1) is 18.9 Å². The number of aliphatic hydroxyl groups is 1. The number of hydrogen-bond donors (Lipinski definition) is 2. The summed E-state index contributed by atoms with van der Waals surface area (Å²) in [6.45, 7) is 0.757. The zero-order valence-electron chi connectivity index (χ0n) is 12.4. The summed E-state index contributed by atoms with van der Waals surface area (Å²) in [5, 5.41) is 15.0. The molecule has 0 spiro atoms. The number of anilines is 1. The van der Waals surface area contributed by atoms with E-state index in [1.165, 1.54) is 11.3 Å². The van der Waals surface area contributed by atoms with Gasteiger partial charge in [-0.2, -0.15) is 0 Å². The van der Waals surface area contributed by atoms with Crippen molar-refractivity contribution in [2.75, 3.05) is 25.5 Å². The molecule has 1 amide bonds. The van der Waals surface area contributed by atoms with Gasteiger partial charge in [-0.3, -0.25) is 9.69 Å². The molecule has 3 rings (SSSR count). The average molecular weight is 321 g/mol. The van der Waals surface area contributed by atoms with Gasteiger partial charge in [0.15, 0.2) is 10.9 Å². The summed E-state index contributed by atoms with van der Waals surface area (Å²) in [6, 6.07) is 3.63. The highest BCUT2D eigenvalue weighted by atomic mass is 32.1. The smallest absolute Gasteiger partial charge is 0.240 e. The first kappa shape index (κ1) is 15.2. The highest BCUT2D eigenvalue weighted by molar-refractivity contribution is 7.14. The minimum atomic E-state index is -0.330. The molecular formula is C15H19N3O3S. The number of aliphatic hydroxyl groups excluding tert-OH is 1. The zero-order valence-corrected chi connectivity index (χ0v) is 13.2. The lowest BCUT2D eigenvalue weighted by Gasteiger charge is -2.19. The number of nitrogens with one attached hydrogen (secondary N) is 1. The molecule has 1 atom stereocenters. The SMILES string of the molecule is CN(CC(=O)Nc1nc(-c2ccco2)cs1)CC(O)C1CC1. The third-order valence-electron chi connectivity index (χ3n) is 3.60. The highest BCUT2D eigenvalue weighted by Gasteiger charge is 2.30. The van der Waals surface area contributed by atoms with Crippen molar-refractivity contribution in [2.45, 2.75) is 18.9 Å². The summed E-state index contributed by atoms with van der Waals surface area (Å²) in [5.41, 5.74) is 0.711. The van der Waals surface area contributed by atoms with E-state index in [-0.39, 0.29) is 18.6 Å². The number of carbonyl (C=O) groups is 1. The Hall–Kier alpha value is -1.70. The molecule has 22 heavy (non-hydrogen) atoms. The summed E-state index contributed by atoms with van der Waals surface area (Å²) in [4.78, 5) is 18.2. The van der Waals surface area contributed by atoms with Crippen molar-refractivity contribution >= 4 is 22.4 Å². The summed E-state index contributed by atoms with van der Waals surface area (Å²) in [6.07, 6.45) is 3.45. The number of aromatic nitrogens is 1. The van der Waals surface area contributed by atoms with Crippen LogP contribution in [0.15, 0.2) is 28.2 Å². The molecule has 1 aliphatic rings. The Balaban J connectivity index is 1.49. The number of likely N-dealkylation sites (N-methyl/N-ethyl adjacent to an activating group) is 1. The lowest BCUT2D eigenvalue weighted by molar-refractivity contribution is -0.117. The molecule has 0 bridgehead atoms. The predicted octanol–water partition coefficient (Wildman–Crippen LogP) is 2.04. The van der Waals surface area contributed by atoms with Crippen molar-refractivity contribution in [2.24, 2.45) is 5.92 Å². The van der Waals surface area contributed by atoms with Gasteiger partial charge in [-0.15, -0.1) is 11.3 Å². The molecule has 7 heteroatoms. The van der Waals surface area contributed by atoms with E-state index >= 15 is 0 Å². The Kier molecular flexibility index (Phi) is 4.56. The maximum Gasteiger partial charge on any atom is 0.240 e. The van der Waals surface area contributed by atoms with Crippen molar-refractivity contribution in [1.29, 1.82) is 0 Å². The van der Waals surface area contributed by atoms with E-state index in [1.54, 1.807) is 12.3 Å². The van der Waals surface area contributed by atoms with Gasteiger partial charge in [0.1, 0.15) is 5.69 Å². The zero-order chi connectivity index (χ0) is 15.5. The van der Waals surface area contributed by atoms with Crippen LogP contribution in [-0.4, -0.2) is 47.1 Å². The first-order valence-electron chi connectivity index (χ1n) is 7.27. The second kappa shape index (κ2) is 6.60. The van der Waals surface area contributed by atoms with E-state index in [9.17, 15) is 9.90 Å². The number of rotatable bonds is 7. The van der Waals surface area contributed by atoms with Crippen LogP contribution < -0.4 is 5.32 Å². The van der Waals surface area contributed by atoms with Crippen LogP contribution in [0.3, 0.4) is 0 Å². The van der Waals surface area contributed by atoms with E-state index in [0.717, 1.165) is 12.8 Å². The topological polar surface area (TPSA) is 78.6 Å². The molecular weight excluding hydrogens is 302 g/mol. The highest BCUT2D eigenvalue weighted by Crippen LogP contribution is 2.32. The average Bonchev–Trinajstić information content (AvgIpc) is 2.97. The Labute approximate surface area is 132 Å². The van der Waals surface area contributed by atoms with Gasteiger partial charge in [0, 0.05) is 11.9 Å². The molecule has 2 aromatic heterocycles. The van der Waals surface area contributed by atoms with Crippen LogP contribution in [0.5, 0.6) is 0 Å². The maximum atomic E-state index is 12.0. The number of furan rings is 1. The van der Waals surface area contributed by atoms with E-state index in [4.69, 9.17) is 4.42 Å². The second-order valence-electron chi connectivity index (χ2n) is 5.66. The summed E-state index contributed by atoms with van der Waals surface area (Å²) in [7, 11) is 1.83. The van der Waals surface area contributed by atoms with Gasteiger partial charge in [0.2, 0.25) is 5.91 Å². The van der Waals surface area contributed by atoms with Crippen LogP contribution >= 0.6 is 11.3 Å². The Morgan fingerprint density at radius 2 is 2.45 bits per heavy atom. The molecule has 1 unspecified atom stereocenters. The molecule has 2 aromatic rings. The van der Waals surface area contributed by atoms with Crippen LogP contribution in [0.2, 0.25) is 0 Å². The first-order chi connectivity index (χ1) is 10.6. The van der Waals surface area contributed by atoms with Gasteiger partial charge < -0.3 is 14.8 Å². The van der Waals surface area contributed by atoms with Crippen molar-refractivity contribution in [1.82, 2.24) is 9.88 Å². The number of nitrogens with zero attached hydrogens (tertiary/aromatic N) is 2.